The maximum Gasteiger partial charge on any atom is 0.336 e. The summed E-state index contributed by atoms with van der Waals surface area (Å²) in [6.07, 6.45) is 3.38. The van der Waals surface area contributed by atoms with Crippen LogP contribution in [-0.2, 0) is 28.9 Å². The number of fused-ring (bicyclic) bond motifs is 1. The number of aryl methyl sites for hydroxylation is 2. The smallest absolute Gasteiger partial charge is 0.336 e. The summed E-state index contributed by atoms with van der Waals surface area (Å²) in [7, 11) is 0. The van der Waals surface area contributed by atoms with Gasteiger partial charge in [0.05, 0.1) is 24.2 Å². The Hall–Kier alpha value is -3.91. The van der Waals surface area contributed by atoms with E-state index in [0.717, 1.165) is 23.9 Å². The first-order chi connectivity index (χ1) is 17.7. The lowest BCUT2D eigenvalue weighted by Crippen LogP contribution is -2.07. The standard InChI is InChI=1S/C20H21NO2.C9H7BrO4/c1-2-23-20(22)14-17-15-21(19-11-7-6-10-18(17)19)13-12-16-8-4-3-5-9-16;1-4-6(8(11)12)2-5(10)3-7(4)9(13)14/h3-11,15H,2,12-14H2,1H3;2-3H,1H3,(H,11,12)(H,13,14). The molecule has 4 rings (SSSR count). The predicted octanol–water partition coefficient (Wildman–Crippen LogP) is 6.14. The van der Waals surface area contributed by atoms with Gasteiger partial charge in [-0.05, 0) is 55.2 Å². The maximum atomic E-state index is 11.8. The number of carboxylic acids is 2. The van der Waals surface area contributed by atoms with Crippen LogP contribution in [0.15, 0.2) is 77.4 Å². The van der Waals surface area contributed by atoms with Crippen molar-refractivity contribution in [3.8, 4) is 0 Å². The van der Waals surface area contributed by atoms with E-state index < -0.39 is 11.9 Å². The zero-order chi connectivity index (χ0) is 26.9. The average molecular weight is 566 g/mol. The number of para-hydroxylation sites is 1. The Morgan fingerprint density at radius 1 is 0.919 bits per heavy atom. The summed E-state index contributed by atoms with van der Waals surface area (Å²) in [5.41, 5.74) is 3.77. The van der Waals surface area contributed by atoms with Gasteiger partial charge < -0.3 is 19.5 Å². The molecule has 7 nitrogen and oxygen atoms in total. The third-order valence-electron chi connectivity index (χ3n) is 5.83. The van der Waals surface area contributed by atoms with Crippen LogP contribution in [0, 0.1) is 6.92 Å². The van der Waals surface area contributed by atoms with Crippen LogP contribution < -0.4 is 0 Å². The number of carbonyl (C=O) groups excluding carboxylic acids is 1. The highest BCUT2D eigenvalue weighted by atomic mass is 79.9. The molecule has 192 valence electrons. The lowest BCUT2D eigenvalue weighted by Gasteiger charge is -2.05. The molecule has 0 spiro atoms. The number of hydrogen-bond acceptors (Lipinski definition) is 4. The molecule has 3 aromatic carbocycles. The quantitative estimate of drug-likeness (QED) is 0.248. The molecular weight excluding hydrogens is 538 g/mol. The monoisotopic (exact) mass is 565 g/mol. The van der Waals surface area contributed by atoms with Gasteiger partial charge in [0.25, 0.3) is 0 Å². The number of halogens is 1. The van der Waals surface area contributed by atoms with Gasteiger partial charge in [-0.1, -0.05) is 64.5 Å². The Balaban J connectivity index is 0.000000233. The maximum absolute atomic E-state index is 11.8. The minimum atomic E-state index is -1.13. The van der Waals surface area contributed by atoms with E-state index in [4.69, 9.17) is 14.9 Å². The van der Waals surface area contributed by atoms with E-state index in [9.17, 15) is 14.4 Å². The minimum Gasteiger partial charge on any atom is -0.478 e. The van der Waals surface area contributed by atoms with Crippen LogP contribution in [-0.4, -0.2) is 39.3 Å². The third-order valence-corrected chi connectivity index (χ3v) is 6.29. The average Bonchev–Trinajstić information content (AvgIpc) is 3.22. The summed E-state index contributed by atoms with van der Waals surface area (Å²) in [5.74, 6) is -2.43. The summed E-state index contributed by atoms with van der Waals surface area (Å²) in [6, 6.07) is 21.4. The number of benzene rings is 3. The zero-order valence-electron chi connectivity index (χ0n) is 20.6. The van der Waals surface area contributed by atoms with Crippen LogP contribution in [0.5, 0.6) is 0 Å². The second-order valence-electron chi connectivity index (χ2n) is 8.32. The third kappa shape index (κ3) is 7.30. The fourth-order valence-electron chi connectivity index (χ4n) is 4.03. The molecule has 0 unspecified atom stereocenters. The summed E-state index contributed by atoms with van der Waals surface area (Å²) in [6.45, 7) is 4.62. The number of carbonyl (C=O) groups is 3. The molecule has 0 saturated carbocycles. The molecule has 0 saturated heterocycles. The first-order valence-corrected chi connectivity index (χ1v) is 12.5. The van der Waals surface area contributed by atoms with Gasteiger partial charge in [0.2, 0.25) is 0 Å². The van der Waals surface area contributed by atoms with Crippen LogP contribution in [0.3, 0.4) is 0 Å². The molecule has 1 heterocycles. The number of carboxylic acid groups (broad SMARTS) is 2. The Labute approximate surface area is 223 Å². The van der Waals surface area contributed by atoms with Gasteiger partial charge >= 0.3 is 17.9 Å². The van der Waals surface area contributed by atoms with E-state index in [1.165, 1.54) is 30.1 Å². The number of aromatic carboxylic acids is 2. The molecule has 0 bridgehead atoms. The lowest BCUT2D eigenvalue weighted by atomic mass is 10.0. The molecule has 0 atom stereocenters. The normalized spacial score (nSPS) is 10.5. The fraction of sp³-hybridized carbons (Fsp3) is 0.207. The first-order valence-electron chi connectivity index (χ1n) is 11.7. The molecule has 0 aliphatic heterocycles. The molecule has 0 amide bonds. The largest absolute Gasteiger partial charge is 0.478 e. The highest BCUT2D eigenvalue weighted by molar-refractivity contribution is 9.10. The van der Waals surface area contributed by atoms with Crippen molar-refractivity contribution in [2.24, 2.45) is 0 Å². The van der Waals surface area contributed by atoms with E-state index in [1.807, 2.05) is 25.1 Å². The molecular formula is C29H28BrNO6. The Bertz CT molecular complexity index is 1380. The number of hydrogen-bond donors (Lipinski definition) is 2. The van der Waals surface area contributed by atoms with Crippen molar-refractivity contribution in [3.63, 3.8) is 0 Å². The predicted molar refractivity (Wildman–Crippen MR) is 145 cm³/mol. The van der Waals surface area contributed by atoms with Crippen molar-refractivity contribution in [2.45, 2.75) is 33.2 Å². The second kappa shape index (κ2) is 12.9. The van der Waals surface area contributed by atoms with Crippen molar-refractivity contribution in [1.29, 1.82) is 0 Å². The Morgan fingerprint density at radius 2 is 1.51 bits per heavy atom. The Morgan fingerprint density at radius 3 is 2.11 bits per heavy atom. The molecule has 4 aromatic rings. The number of esters is 1. The number of nitrogens with zero attached hydrogens (tertiary/aromatic N) is 1. The summed E-state index contributed by atoms with van der Waals surface area (Å²) in [4.78, 5) is 33.3. The van der Waals surface area contributed by atoms with Crippen molar-refractivity contribution >= 4 is 44.7 Å². The van der Waals surface area contributed by atoms with E-state index in [1.54, 1.807) is 0 Å². The molecule has 0 aliphatic carbocycles. The van der Waals surface area contributed by atoms with E-state index in [2.05, 4.69) is 63.1 Å². The molecule has 0 aliphatic rings. The van der Waals surface area contributed by atoms with Crippen LogP contribution in [0.2, 0.25) is 0 Å². The van der Waals surface area contributed by atoms with Crippen molar-refractivity contribution in [2.75, 3.05) is 6.61 Å². The van der Waals surface area contributed by atoms with E-state index in [0.29, 0.717) is 17.5 Å². The van der Waals surface area contributed by atoms with Gasteiger partial charge in [0.15, 0.2) is 0 Å². The van der Waals surface area contributed by atoms with Gasteiger partial charge in [-0.2, -0.15) is 0 Å². The number of aromatic nitrogens is 1. The zero-order valence-corrected chi connectivity index (χ0v) is 22.2. The minimum absolute atomic E-state index is 0.00299. The number of rotatable bonds is 8. The van der Waals surface area contributed by atoms with Crippen LogP contribution in [0.4, 0.5) is 0 Å². The van der Waals surface area contributed by atoms with Crippen molar-refractivity contribution in [1.82, 2.24) is 4.57 Å². The SMILES string of the molecule is CCOC(=O)Cc1cn(CCc2ccccc2)c2ccccc12.Cc1c(C(=O)O)cc(Br)cc1C(=O)O. The van der Waals surface area contributed by atoms with E-state index >= 15 is 0 Å². The van der Waals surface area contributed by atoms with Crippen molar-refractivity contribution in [3.05, 3.63) is 105 Å². The molecule has 0 fully saturated rings. The number of ether oxygens (including phenoxy) is 1. The molecule has 37 heavy (non-hydrogen) atoms. The molecule has 1 aromatic heterocycles. The van der Waals surface area contributed by atoms with Gasteiger partial charge in [-0.3, -0.25) is 4.79 Å². The highest BCUT2D eigenvalue weighted by Gasteiger charge is 2.16. The highest BCUT2D eigenvalue weighted by Crippen LogP contribution is 2.23. The van der Waals surface area contributed by atoms with Gasteiger partial charge in [0, 0.05) is 28.1 Å². The van der Waals surface area contributed by atoms with Crippen molar-refractivity contribution < 1.29 is 29.3 Å². The van der Waals surface area contributed by atoms with Gasteiger partial charge in [-0.25, -0.2) is 9.59 Å². The second-order valence-corrected chi connectivity index (χ2v) is 9.23. The van der Waals surface area contributed by atoms with Crippen LogP contribution in [0.25, 0.3) is 10.9 Å². The summed E-state index contributed by atoms with van der Waals surface area (Å²) in [5, 5.41) is 18.7. The molecule has 8 heteroatoms. The van der Waals surface area contributed by atoms with E-state index in [-0.39, 0.29) is 22.7 Å². The summed E-state index contributed by atoms with van der Waals surface area (Å²) >= 11 is 3.06. The molecule has 0 radical (unpaired) electrons. The van der Waals surface area contributed by atoms with Crippen LogP contribution in [0.1, 0.15) is 44.3 Å². The van der Waals surface area contributed by atoms with Crippen LogP contribution >= 0.6 is 15.9 Å². The summed E-state index contributed by atoms with van der Waals surface area (Å²) < 4.78 is 7.76. The lowest BCUT2D eigenvalue weighted by molar-refractivity contribution is -0.142. The van der Waals surface area contributed by atoms with Gasteiger partial charge in [-0.15, -0.1) is 0 Å². The Kier molecular flexibility index (Phi) is 9.63. The molecule has 2 N–H and O–H groups in total. The fourth-order valence-corrected chi connectivity index (χ4v) is 4.49. The topological polar surface area (TPSA) is 106 Å². The first kappa shape index (κ1) is 27.7. The van der Waals surface area contributed by atoms with Gasteiger partial charge in [0.1, 0.15) is 0 Å².